The van der Waals surface area contributed by atoms with E-state index in [-0.39, 0.29) is 12.3 Å². The SMILES string of the molecule is CN(C)CCN1C(=O)CC(O)NC1=O. The number of hydrogen-bond donors (Lipinski definition) is 2. The molecule has 0 spiro atoms. The van der Waals surface area contributed by atoms with Crippen LogP contribution in [-0.4, -0.2) is 60.3 Å². The number of carbonyl (C=O) groups is 2. The Labute approximate surface area is 82.5 Å². The van der Waals surface area contributed by atoms with Gasteiger partial charge in [0.1, 0.15) is 6.23 Å². The standard InChI is InChI=1S/C8H15N3O3/c1-10(2)3-4-11-7(13)5-6(12)9-8(11)14/h6,12H,3-5H2,1-2H3,(H,9,14). The summed E-state index contributed by atoms with van der Waals surface area (Å²) in [5, 5.41) is 11.3. The Bertz CT molecular complexity index is 224. The molecule has 1 aliphatic heterocycles. The molecule has 0 aromatic carbocycles. The minimum absolute atomic E-state index is 0.0425. The van der Waals surface area contributed by atoms with E-state index < -0.39 is 12.3 Å². The fourth-order valence-electron chi connectivity index (χ4n) is 1.19. The zero-order valence-corrected chi connectivity index (χ0v) is 8.36. The van der Waals surface area contributed by atoms with Gasteiger partial charge in [-0.3, -0.25) is 9.69 Å². The molecule has 1 heterocycles. The molecule has 1 unspecified atom stereocenters. The Balaban J connectivity index is 2.50. The quantitative estimate of drug-likeness (QED) is 0.602. The molecule has 1 saturated heterocycles. The summed E-state index contributed by atoms with van der Waals surface area (Å²) in [6.07, 6.45) is -1.08. The lowest BCUT2D eigenvalue weighted by atomic mass is 10.2. The van der Waals surface area contributed by atoms with Crippen molar-refractivity contribution >= 4 is 11.9 Å². The van der Waals surface area contributed by atoms with Crippen molar-refractivity contribution in [3.8, 4) is 0 Å². The van der Waals surface area contributed by atoms with Crippen LogP contribution in [-0.2, 0) is 4.79 Å². The third-order valence-electron chi connectivity index (χ3n) is 1.98. The van der Waals surface area contributed by atoms with Crippen LogP contribution in [0.15, 0.2) is 0 Å². The number of likely N-dealkylation sites (N-methyl/N-ethyl adjacent to an activating group) is 1. The van der Waals surface area contributed by atoms with Crippen LogP contribution in [0.3, 0.4) is 0 Å². The summed E-state index contributed by atoms with van der Waals surface area (Å²) >= 11 is 0. The lowest BCUT2D eigenvalue weighted by molar-refractivity contribution is -0.133. The second-order valence-corrected chi connectivity index (χ2v) is 3.52. The first-order valence-corrected chi connectivity index (χ1v) is 4.44. The first kappa shape index (κ1) is 10.9. The molecule has 2 N–H and O–H groups in total. The van der Waals surface area contributed by atoms with E-state index in [1.54, 1.807) is 0 Å². The fourth-order valence-corrected chi connectivity index (χ4v) is 1.19. The van der Waals surface area contributed by atoms with Gasteiger partial charge in [-0.25, -0.2) is 4.79 Å². The first-order chi connectivity index (χ1) is 6.50. The normalized spacial score (nSPS) is 22.9. The highest BCUT2D eigenvalue weighted by Gasteiger charge is 2.30. The second-order valence-electron chi connectivity index (χ2n) is 3.52. The minimum atomic E-state index is -1.04. The molecule has 0 aromatic heterocycles. The zero-order valence-electron chi connectivity index (χ0n) is 8.36. The summed E-state index contributed by atoms with van der Waals surface area (Å²) in [4.78, 5) is 25.6. The van der Waals surface area contributed by atoms with Crippen molar-refractivity contribution in [2.45, 2.75) is 12.6 Å². The molecule has 6 nitrogen and oxygen atoms in total. The predicted molar refractivity (Wildman–Crippen MR) is 49.4 cm³/mol. The molecule has 0 aliphatic carbocycles. The first-order valence-electron chi connectivity index (χ1n) is 4.44. The number of hydrogen-bond acceptors (Lipinski definition) is 4. The van der Waals surface area contributed by atoms with Gasteiger partial charge >= 0.3 is 6.03 Å². The topological polar surface area (TPSA) is 72.9 Å². The highest BCUT2D eigenvalue weighted by Crippen LogP contribution is 2.05. The molecule has 1 aliphatic rings. The van der Waals surface area contributed by atoms with Crippen LogP contribution < -0.4 is 5.32 Å². The van der Waals surface area contributed by atoms with Crippen molar-refractivity contribution in [1.82, 2.24) is 15.1 Å². The van der Waals surface area contributed by atoms with Gasteiger partial charge in [0.15, 0.2) is 0 Å². The van der Waals surface area contributed by atoms with Gasteiger partial charge in [0, 0.05) is 13.1 Å². The number of amides is 3. The molecule has 1 atom stereocenters. The van der Waals surface area contributed by atoms with E-state index in [2.05, 4.69) is 5.32 Å². The second kappa shape index (κ2) is 4.39. The molecule has 14 heavy (non-hydrogen) atoms. The number of carbonyl (C=O) groups excluding carboxylic acids is 2. The number of nitrogens with zero attached hydrogens (tertiary/aromatic N) is 2. The summed E-state index contributed by atoms with van der Waals surface area (Å²) in [7, 11) is 3.72. The van der Waals surface area contributed by atoms with Crippen LogP contribution in [0.2, 0.25) is 0 Å². The number of nitrogens with one attached hydrogen (secondary N) is 1. The largest absolute Gasteiger partial charge is 0.373 e. The zero-order chi connectivity index (χ0) is 10.7. The van der Waals surface area contributed by atoms with Crippen molar-refractivity contribution in [3.05, 3.63) is 0 Å². The van der Waals surface area contributed by atoms with Crippen LogP contribution in [0.5, 0.6) is 0 Å². The van der Waals surface area contributed by atoms with Crippen LogP contribution in [0, 0.1) is 0 Å². The molecule has 1 rings (SSSR count). The van der Waals surface area contributed by atoms with E-state index in [1.165, 1.54) is 0 Å². The van der Waals surface area contributed by atoms with E-state index in [0.29, 0.717) is 13.1 Å². The summed E-state index contributed by atoms with van der Waals surface area (Å²) in [5.74, 6) is -0.330. The Morgan fingerprint density at radius 3 is 2.71 bits per heavy atom. The number of urea groups is 1. The van der Waals surface area contributed by atoms with Crippen LogP contribution in [0.25, 0.3) is 0 Å². The molecule has 0 saturated carbocycles. The number of imide groups is 1. The summed E-state index contributed by atoms with van der Waals surface area (Å²) in [6, 6.07) is -0.518. The van der Waals surface area contributed by atoms with Crippen molar-refractivity contribution in [3.63, 3.8) is 0 Å². The number of rotatable bonds is 3. The molecular formula is C8H15N3O3. The molecule has 0 aromatic rings. The van der Waals surface area contributed by atoms with Gasteiger partial charge in [0.05, 0.1) is 6.42 Å². The number of aliphatic hydroxyl groups is 1. The van der Waals surface area contributed by atoms with Crippen molar-refractivity contribution in [2.75, 3.05) is 27.2 Å². The Kier molecular flexibility index (Phi) is 3.43. The number of aliphatic hydroxyl groups excluding tert-OH is 1. The van der Waals surface area contributed by atoms with Crippen molar-refractivity contribution in [2.24, 2.45) is 0 Å². The highest BCUT2D eigenvalue weighted by atomic mass is 16.3. The van der Waals surface area contributed by atoms with E-state index in [4.69, 9.17) is 5.11 Å². The fraction of sp³-hybridized carbons (Fsp3) is 0.750. The van der Waals surface area contributed by atoms with Gasteiger partial charge in [-0.2, -0.15) is 0 Å². The average Bonchev–Trinajstić information content (AvgIpc) is 2.01. The van der Waals surface area contributed by atoms with Crippen molar-refractivity contribution < 1.29 is 14.7 Å². The van der Waals surface area contributed by atoms with Crippen molar-refractivity contribution in [1.29, 1.82) is 0 Å². The minimum Gasteiger partial charge on any atom is -0.373 e. The molecule has 80 valence electrons. The van der Waals surface area contributed by atoms with Crippen LogP contribution >= 0.6 is 0 Å². The highest BCUT2D eigenvalue weighted by molar-refractivity contribution is 5.97. The van der Waals surface area contributed by atoms with Gasteiger partial charge in [-0.15, -0.1) is 0 Å². The maximum Gasteiger partial charge on any atom is 0.326 e. The molecule has 0 bridgehead atoms. The van der Waals surface area contributed by atoms with Gasteiger partial charge in [-0.05, 0) is 14.1 Å². The average molecular weight is 201 g/mol. The molecule has 3 amide bonds. The lowest BCUT2D eigenvalue weighted by Crippen LogP contribution is -2.55. The van der Waals surface area contributed by atoms with E-state index >= 15 is 0 Å². The van der Waals surface area contributed by atoms with Crippen LogP contribution in [0.1, 0.15) is 6.42 Å². The van der Waals surface area contributed by atoms with E-state index in [0.717, 1.165) is 4.90 Å². The van der Waals surface area contributed by atoms with Gasteiger partial charge in [-0.1, -0.05) is 0 Å². The van der Waals surface area contributed by atoms with E-state index in [9.17, 15) is 9.59 Å². The summed E-state index contributed by atoms with van der Waals surface area (Å²) in [6.45, 7) is 0.972. The van der Waals surface area contributed by atoms with Gasteiger partial charge < -0.3 is 15.3 Å². The van der Waals surface area contributed by atoms with Crippen LogP contribution in [0.4, 0.5) is 4.79 Å². The monoisotopic (exact) mass is 201 g/mol. The lowest BCUT2D eigenvalue weighted by Gasteiger charge is -2.29. The maximum atomic E-state index is 11.3. The van der Waals surface area contributed by atoms with E-state index in [1.807, 2.05) is 19.0 Å². The van der Waals surface area contributed by atoms with Gasteiger partial charge in [0.25, 0.3) is 0 Å². The summed E-state index contributed by atoms with van der Waals surface area (Å²) < 4.78 is 0. The molecule has 6 heteroatoms. The molecular weight excluding hydrogens is 186 g/mol. The third-order valence-corrected chi connectivity index (χ3v) is 1.98. The molecule has 0 radical (unpaired) electrons. The summed E-state index contributed by atoms with van der Waals surface area (Å²) in [5.41, 5.74) is 0. The molecule has 1 fully saturated rings. The Morgan fingerprint density at radius 1 is 1.57 bits per heavy atom. The predicted octanol–water partition coefficient (Wildman–Crippen LogP) is -1.19. The maximum absolute atomic E-state index is 11.3. The smallest absolute Gasteiger partial charge is 0.326 e. The Morgan fingerprint density at radius 2 is 2.21 bits per heavy atom. The third kappa shape index (κ3) is 2.68. The van der Waals surface area contributed by atoms with Gasteiger partial charge in [0.2, 0.25) is 5.91 Å². The Hall–Kier alpha value is -1.14.